The first kappa shape index (κ1) is 18.8. The summed E-state index contributed by atoms with van der Waals surface area (Å²) in [5.41, 5.74) is 1.89. The average molecular weight is 374 g/mol. The normalized spacial score (nSPS) is 19.8. The maximum absolute atomic E-state index is 12.3. The molecular formula is C20H22O5S. The molecule has 1 fully saturated rings. The Morgan fingerprint density at radius 3 is 2.65 bits per heavy atom. The van der Waals surface area contributed by atoms with Gasteiger partial charge >= 0.3 is 5.97 Å². The topological polar surface area (TPSA) is 83.8 Å². The fourth-order valence-corrected chi connectivity index (χ4v) is 4.27. The highest BCUT2D eigenvalue weighted by Crippen LogP contribution is 2.33. The van der Waals surface area contributed by atoms with Crippen LogP contribution in [0.15, 0.2) is 36.4 Å². The van der Waals surface area contributed by atoms with Crippen LogP contribution in [0, 0.1) is 11.8 Å². The minimum absolute atomic E-state index is 0.0253. The average Bonchev–Trinajstić information content (AvgIpc) is 3.24. The van der Waals surface area contributed by atoms with Crippen molar-refractivity contribution in [1.82, 2.24) is 0 Å². The summed E-state index contributed by atoms with van der Waals surface area (Å²) in [4.78, 5) is 24.4. The number of hydrogen-bond acceptors (Lipinski definition) is 5. The Morgan fingerprint density at radius 2 is 1.96 bits per heavy atom. The number of thiophene rings is 1. The highest BCUT2D eigenvalue weighted by atomic mass is 32.1. The van der Waals surface area contributed by atoms with E-state index >= 15 is 0 Å². The van der Waals surface area contributed by atoms with Crippen LogP contribution in [0.3, 0.4) is 0 Å². The number of ketones is 1. The number of benzene rings is 1. The predicted molar refractivity (Wildman–Crippen MR) is 98.2 cm³/mol. The van der Waals surface area contributed by atoms with E-state index in [1.165, 1.54) is 11.3 Å². The molecule has 1 aliphatic rings. The Labute approximate surface area is 156 Å². The molecule has 1 aromatic heterocycles. The maximum Gasteiger partial charge on any atom is 0.345 e. The second-order valence-electron chi connectivity index (χ2n) is 6.59. The Kier molecular flexibility index (Phi) is 6.19. The molecule has 6 heteroatoms. The summed E-state index contributed by atoms with van der Waals surface area (Å²) in [6, 6.07) is 11.0. The molecule has 26 heavy (non-hydrogen) atoms. The van der Waals surface area contributed by atoms with E-state index in [9.17, 15) is 14.7 Å². The van der Waals surface area contributed by atoms with Gasteiger partial charge in [0.15, 0.2) is 0 Å². The summed E-state index contributed by atoms with van der Waals surface area (Å²) in [6.07, 6.45) is 2.02. The van der Waals surface area contributed by atoms with Crippen LogP contribution in [-0.4, -0.2) is 28.6 Å². The SMILES string of the molecule is O=C(O)c1ccc(COC[C@H]2CCC(=O)C2Cc2ccccc2CO)s1. The van der Waals surface area contributed by atoms with Crippen molar-refractivity contribution in [2.45, 2.75) is 32.5 Å². The molecule has 2 N–H and O–H groups in total. The molecule has 0 saturated heterocycles. The zero-order valence-electron chi connectivity index (χ0n) is 14.4. The van der Waals surface area contributed by atoms with Crippen molar-refractivity contribution in [2.75, 3.05) is 6.61 Å². The van der Waals surface area contributed by atoms with E-state index in [0.29, 0.717) is 30.9 Å². The number of hydrogen-bond donors (Lipinski definition) is 2. The molecule has 2 aromatic rings. The monoisotopic (exact) mass is 374 g/mol. The lowest BCUT2D eigenvalue weighted by atomic mass is 9.88. The predicted octanol–water partition coefficient (Wildman–Crippen LogP) is 3.29. The summed E-state index contributed by atoms with van der Waals surface area (Å²) in [5, 5.41) is 18.4. The maximum atomic E-state index is 12.3. The van der Waals surface area contributed by atoms with Gasteiger partial charge in [-0.15, -0.1) is 11.3 Å². The van der Waals surface area contributed by atoms with Gasteiger partial charge in [-0.25, -0.2) is 4.79 Å². The van der Waals surface area contributed by atoms with Gasteiger partial charge in [0.25, 0.3) is 0 Å². The lowest BCUT2D eigenvalue weighted by Gasteiger charge is -2.19. The highest BCUT2D eigenvalue weighted by Gasteiger charge is 2.35. The van der Waals surface area contributed by atoms with E-state index in [1.807, 2.05) is 24.3 Å². The van der Waals surface area contributed by atoms with Crippen LogP contribution in [0.4, 0.5) is 0 Å². The molecule has 0 aliphatic heterocycles. The number of carboxylic acid groups (broad SMARTS) is 1. The number of Topliss-reactive ketones (excluding diaryl/α,β-unsaturated/α-hetero) is 1. The van der Waals surface area contributed by atoms with Gasteiger partial charge in [-0.3, -0.25) is 4.79 Å². The minimum Gasteiger partial charge on any atom is -0.477 e. The smallest absolute Gasteiger partial charge is 0.345 e. The van der Waals surface area contributed by atoms with Gasteiger partial charge in [0, 0.05) is 17.2 Å². The second-order valence-corrected chi connectivity index (χ2v) is 7.76. The molecule has 2 atom stereocenters. The van der Waals surface area contributed by atoms with E-state index in [1.54, 1.807) is 12.1 Å². The van der Waals surface area contributed by atoms with Crippen LogP contribution < -0.4 is 0 Å². The third kappa shape index (κ3) is 4.38. The number of carbonyl (C=O) groups excluding carboxylic acids is 1. The number of carbonyl (C=O) groups is 2. The standard InChI is InChI=1S/C20H22O5S/c21-10-14-4-2-1-3-13(14)9-17-15(5-7-18(17)22)11-25-12-16-6-8-19(26-16)20(23)24/h1-4,6,8,15,17,21H,5,7,9-12H2,(H,23,24)/t15-,17?/m1/s1. The van der Waals surface area contributed by atoms with Crippen LogP contribution >= 0.6 is 11.3 Å². The zero-order valence-corrected chi connectivity index (χ0v) is 15.2. The molecular weight excluding hydrogens is 352 g/mol. The van der Waals surface area contributed by atoms with Crippen molar-refractivity contribution in [2.24, 2.45) is 11.8 Å². The van der Waals surface area contributed by atoms with Crippen molar-refractivity contribution in [3.05, 3.63) is 57.3 Å². The van der Waals surface area contributed by atoms with Gasteiger partial charge in [-0.1, -0.05) is 24.3 Å². The summed E-state index contributed by atoms with van der Waals surface area (Å²) in [7, 11) is 0. The molecule has 0 bridgehead atoms. The molecule has 0 spiro atoms. The van der Waals surface area contributed by atoms with Gasteiger partial charge in [-0.05, 0) is 42.0 Å². The molecule has 1 aromatic carbocycles. The van der Waals surface area contributed by atoms with Crippen LogP contribution in [0.5, 0.6) is 0 Å². The third-order valence-corrected chi connectivity index (χ3v) is 5.97. The molecule has 1 unspecified atom stereocenters. The largest absolute Gasteiger partial charge is 0.477 e. The Morgan fingerprint density at radius 1 is 1.19 bits per heavy atom. The molecule has 3 rings (SSSR count). The number of aliphatic hydroxyl groups excluding tert-OH is 1. The van der Waals surface area contributed by atoms with Gasteiger partial charge in [0.05, 0.1) is 19.8 Å². The van der Waals surface area contributed by atoms with Crippen molar-refractivity contribution >= 4 is 23.1 Å². The second kappa shape index (κ2) is 8.58. The lowest BCUT2D eigenvalue weighted by Crippen LogP contribution is -2.22. The summed E-state index contributed by atoms with van der Waals surface area (Å²) in [6.45, 7) is 0.823. The molecule has 1 aliphatic carbocycles. The number of ether oxygens (including phenoxy) is 1. The molecule has 1 saturated carbocycles. The van der Waals surface area contributed by atoms with Gasteiger partial charge < -0.3 is 14.9 Å². The molecule has 138 valence electrons. The Hall–Kier alpha value is -2.02. The fraction of sp³-hybridized carbons (Fsp3) is 0.400. The van der Waals surface area contributed by atoms with Crippen LogP contribution in [0.2, 0.25) is 0 Å². The number of aromatic carboxylic acids is 1. The molecule has 5 nitrogen and oxygen atoms in total. The lowest BCUT2D eigenvalue weighted by molar-refractivity contribution is -0.121. The van der Waals surface area contributed by atoms with E-state index in [0.717, 1.165) is 22.4 Å². The van der Waals surface area contributed by atoms with Gasteiger partial charge in [0.1, 0.15) is 10.7 Å². The fourth-order valence-electron chi connectivity index (χ4n) is 3.49. The first-order chi connectivity index (χ1) is 12.6. The third-order valence-electron chi connectivity index (χ3n) is 4.92. The highest BCUT2D eigenvalue weighted by molar-refractivity contribution is 7.13. The number of carboxylic acids is 1. The van der Waals surface area contributed by atoms with Crippen LogP contribution in [0.1, 0.15) is 38.5 Å². The van der Waals surface area contributed by atoms with E-state index < -0.39 is 5.97 Å². The van der Waals surface area contributed by atoms with Crippen molar-refractivity contribution in [1.29, 1.82) is 0 Å². The van der Waals surface area contributed by atoms with Crippen molar-refractivity contribution < 1.29 is 24.5 Å². The van der Waals surface area contributed by atoms with Gasteiger partial charge in [-0.2, -0.15) is 0 Å². The zero-order chi connectivity index (χ0) is 18.5. The van der Waals surface area contributed by atoms with E-state index in [2.05, 4.69) is 0 Å². The summed E-state index contributed by atoms with van der Waals surface area (Å²) in [5.74, 6) is -0.588. The molecule has 0 radical (unpaired) electrons. The Balaban J connectivity index is 1.58. The van der Waals surface area contributed by atoms with Crippen molar-refractivity contribution in [3.63, 3.8) is 0 Å². The Bertz CT molecular complexity index is 782. The summed E-state index contributed by atoms with van der Waals surface area (Å²) >= 11 is 1.21. The van der Waals surface area contributed by atoms with Gasteiger partial charge in [0.2, 0.25) is 0 Å². The minimum atomic E-state index is -0.926. The summed E-state index contributed by atoms with van der Waals surface area (Å²) < 4.78 is 5.79. The molecule has 1 heterocycles. The first-order valence-corrected chi connectivity index (χ1v) is 9.50. The molecule has 0 amide bonds. The quantitative estimate of drug-likeness (QED) is 0.741. The van der Waals surface area contributed by atoms with Crippen molar-refractivity contribution in [3.8, 4) is 0 Å². The van der Waals surface area contributed by atoms with Crippen LogP contribution in [0.25, 0.3) is 0 Å². The van der Waals surface area contributed by atoms with E-state index in [4.69, 9.17) is 9.84 Å². The van der Waals surface area contributed by atoms with Crippen LogP contribution in [-0.2, 0) is 29.2 Å². The van der Waals surface area contributed by atoms with E-state index in [-0.39, 0.29) is 24.2 Å². The number of aliphatic hydroxyl groups is 1. The number of rotatable bonds is 8. The first-order valence-electron chi connectivity index (χ1n) is 8.68.